The van der Waals surface area contributed by atoms with E-state index in [1.807, 2.05) is 31.7 Å². The first kappa shape index (κ1) is 15.6. The quantitative estimate of drug-likeness (QED) is 0.811. The van der Waals surface area contributed by atoms with Crippen LogP contribution in [0.5, 0.6) is 5.75 Å². The molecule has 4 nitrogen and oxygen atoms in total. The molecule has 1 aromatic heterocycles. The molecule has 1 unspecified atom stereocenters. The molecule has 0 fully saturated rings. The number of nitrogens with zero attached hydrogens (tertiary/aromatic N) is 2. The molecule has 1 atom stereocenters. The van der Waals surface area contributed by atoms with Gasteiger partial charge in [-0.25, -0.2) is 4.98 Å². The van der Waals surface area contributed by atoms with Crippen molar-refractivity contribution in [3.8, 4) is 5.75 Å². The molecule has 0 spiro atoms. The van der Waals surface area contributed by atoms with Crippen LogP contribution in [0.25, 0.3) is 0 Å². The Morgan fingerprint density at radius 1 is 1.29 bits per heavy atom. The number of nitrogens with one attached hydrogen (secondary N) is 1. The maximum absolute atomic E-state index is 5.85. The molecule has 2 aromatic rings. The summed E-state index contributed by atoms with van der Waals surface area (Å²) in [5, 5.41) is 3.25. The second-order valence-corrected chi connectivity index (χ2v) is 5.40. The van der Waals surface area contributed by atoms with Crippen molar-refractivity contribution >= 4 is 0 Å². The fourth-order valence-corrected chi connectivity index (χ4v) is 2.25. The summed E-state index contributed by atoms with van der Waals surface area (Å²) in [6.07, 6.45) is 5.87. The Morgan fingerprint density at radius 2 is 2.05 bits per heavy atom. The normalized spacial score (nSPS) is 12.3. The average molecular weight is 287 g/mol. The zero-order valence-corrected chi connectivity index (χ0v) is 13.2. The van der Waals surface area contributed by atoms with Crippen LogP contribution >= 0.6 is 0 Å². The van der Waals surface area contributed by atoms with Crippen LogP contribution in [0.1, 0.15) is 31.5 Å². The molecule has 0 aliphatic heterocycles. The first-order chi connectivity index (χ1) is 10.2. The summed E-state index contributed by atoms with van der Waals surface area (Å²) in [5.41, 5.74) is 2.44. The molecule has 1 N–H and O–H groups in total. The van der Waals surface area contributed by atoms with E-state index in [2.05, 4.69) is 40.8 Å². The van der Waals surface area contributed by atoms with E-state index in [9.17, 15) is 0 Å². The SMILES string of the molecule is CCCn1cncc1COc1ccc(CC(C)NC)cc1. The molecule has 2 rings (SSSR count). The number of aromatic nitrogens is 2. The van der Waals surface area contributed by atoms with Crippen molar-refractivity contribution in [2.45, 2.75) is 45.9 Å². The molecule has 0 aliphatic rings. The second-order valence-electron chi connectivity index (χ2n) is 5.40. The number of aryl methyl sites for hydroxylation is 1. The van der Waals surface area contributed by atoms with Gasteiger partial charge in [0.15, 0.2) is 0 Å². The van der Waals surface area contributed by atoms with Crippen molar-refractivity contribution in [1.29, 1.82) is 0 Å². The van der Waals surface area contributed by atoms with Gasteiger partial charge < -0.3 is 14.6 Å². The van der Waals surface area contributed by atoms with Gasteiger partial charge in [0.25, 0.3) is 0 Å². The monoisotopic (exact) mass is 287 g/mol. The van der Waals surface area contributed by atoms with Crippen LogP contribution < -0.4 is 10.1 Å². The Balaban J connectivity index is 1.90. The van der Waals surface area contributed by atoms with Crippen molar-refractivity contribution < 1.29 is 4.74 Å². The number of rotatable bonds is 8. The number of hydrogen-bond donors (Lipinski definition) is 1. The minimum Gasteiger partial charge on any atom is -0.487 e. The summed E-state index contributed by atoms with van der Waals surface area (Å²) >= 11 is 0. The maximum Gasteiger partial charge on any atom is 0.130 e. The third-order valence-electron chi connectivity index (χ3n) is 3.61. The van der Waals surface area contributed by atoms with E-state index in [1.54, 1.807) is 0 Å². The fraction of sp³-hybridized carbons (Fsp3) is 0.471. The van der Waals surface area contributed by atoms with E-state index >= 15 is 0 Å². The number of ether oxygens (including phenoxy) is 1. The van der Waals surface area contributed by atoms with Gasteiger partial charge in [-0.1, -0.05) is 19.1 Å². The fourth-order valence-electron chi connectivity index (χ4n) is 2.25. The molecule has 21 heavy (non-hydrogen) atoms. The summed E-state index contributed by atoms with van der Waals surface area (Å²) in [7, 11) is 1.99. The Kier molecular flexibility index (Phi) is 5.81. The summed E-state index contributed by atoms with van der Waals surface area (Å²) in [4.78, 5) is 4.19. The Bertz CT molecular complexity index is 533. The molecule has 1 heterocycles. The van der Waals surface area contributed by atoms with E-state index in [0.29, 0.717) is 12.6 Å². The smallest absolute Gasteiger partial charge is 0.130 e. The van der Waals surface area contributed by atoms with E-state index in [-0.39, 0.29) is 0 Å². The van der Waals surface area contributed by atoms with E-state index < -0.39 is 0 Å². The second kappa shape index (κ2) is 7.84. The van der Waals surface area contributed by atoms with Crippen LogP contribution in [0.3, 0.4) is 0 Å². The highest BCUT2D eigenvalue weighted by Gasteiger charge is 2.04. The number of likely N-dealkylation sites (N-methyl/N-ethyl adjacent to an activating group) is 1. The molecule has 0 amide bonds. The highest BCUT2D eigenvalue weighted by Crippen LogP contribution is 2.15. The predicted molar refractivity (Wildman–Crippen MR) is 85.5 cm³/mol. The first-order valence-corrected chi connectivity index (χ1v) is 7.61. The van der Waals surface area contributed by atoms with Gasteiger partial charge in [0.05, 0.1) is 18.2 Å². The third kappa shape index (κ3) is 4.60. The van der Waals surface area contributed by atoms with E-state index in [0.717, 1.165) is 30.8 Å². The van der Waals surface area contributed by atoms with E-state index in [4.69, 9.17) is 4.74 Å². The topological polar surface area (TPSA) is 39.1 Å². The van der Waals surface area contributed by atoms with Gasteiger partial charge in [0.1, 0.15) is 12.4 Å². The third-order valence-corrected chi connectivity index (χ3v) is 3.61. The summed E-state index contributed by atoms with van der Waals surface area (Å²) in [6.45, 7) is 5.89. The molecule has 0 aliphatic carbocycles. The van der Waals surface area contributed by atoms with Crippen molar-refractivity contribution in [3.05, 3.63) is 48.0 Å². The summed E-state index contributed by atoms with van der Waals surface area (Å²) < 4.78 is 7.99. The van der Waals surface area contributed by atoms with Crippen LogP contribution in [0.2, 0.25) is 0 Å². The van der Waals surface area contributed by atoms with Crippen LogP contribution in [-0.4, -0.2) is 22.6 Å². The van der Waals surface area contributed by atoms with Crippen molar-refractivity contribution in [2.24, 2.45) is 0 Å². The molecule has 0 saturated carbocycles. The minimum atomic E-state index is 0.486. The van der Waals surface area contributed by atoms with Gasteiger partial charge in [-0.05, 0) is 44.5 Å². The van der Waals surface area contributed by atoms with Gasteiger partial charge >= 0.3 is 0 Å². The largest absolute Gasteiger partial charge is 0.487 e. The molecule has 4 heteroatoms. The lowest BCUT2D eigenvalue weighted by atomic mass is 10.1. The summed E-state index contributed by atoms with van der Waals surface area (Å²) in [5.74, 6) is 0.903. The Hall–Kier alpha value is -1.81. The van der Waals surface area contributed by atoms with Crippen molar-refractivity contribution in [3.63, 3.8) is 0 Å². The number of imidazole rings is 1. The molecular formula is C17H25N3O. The zero-order valence-electron chi connectivity index (χ0n) is 13.2. The minimum absolute atomic E-state index is 0.486. The van der Waals surface area contributed by atoms with Crippen molar-refractivity contribution in [2.75, 3.05) is 7.05 Å². The lowest BCUT2D eigenvalue weighted by Gasteiger charge is -2.11. The standard InChI is InChI=1S/C17H25N3O/c1-4-9-20-13-19-11-16(20)12-21-17-7-5-15(6-8-17)10-14(2)18-3/h5-8,11,13-14,18H,4,9-10,12H2,1-3H3. The first-order valence-electron chi connectivity index (χ1n) is 7.61. The highest BCUT2D eigenvalue weighted by atomic mass is 16.5. The van der Waals surface area contributed by atoms with Gasteiger partial charge in [-0.15, -0.1) is 0 Å². The van der Waals surface area contributed by atoms with Gasteiger partial charge in [-0.2, -0.15) is 0 Å². The van der Waals surface area contributed by atoms with Crippen LogP contribution in [0.15, 0.2) is 36.8 Å². The molecule has 0 bridgehead atoms. The molecule has 114 valence electrons. The van der Waals surface area contributed by atoms with Crippen LogP contribution in [0.4, 0.5) is 0 Å². The van der Waals surface area contributed by atoms with Gasteiger partial charge in [-0.3, -0.25) is 0 Å². The molecule has 0 saturated heterocycles. The molecular weight excluding hydrogens is 262 g/mol. The Morgan fingerprint density at radius 3 is 2.71 bits per heavy atom. The maximum atomic E-state index is 5.85. The lowest BCUT2D eigenvalue weighted by molar-refractivity contribution is 0.294. The van der Waals surface area contributed by atoms with Gasteiger partial charge in [0.2, 0.25) is 0 Å². The molecule has 1 aromatic carbocycles. The number of benzene rings is 1. The van der Waals surface area contributed by atoms with E-state index in [1.165, 1.54) is 5.56 Å². The van der Waals surface area contributed by atoms with Crippen LogP contribution in [-0.2, 0) is 19.6 Å². The summed E-state index contributed by atoms with van der Waals surface area (Å²) in [6, 6.07) is 8.83. The number of hydrogen-bond acceptors (Lipinski definition) is 3. The molecule has 0 radical (unpaired) electrons. The lowest BCUT2D eigenvalue weighted by Crippen LogP contribution is -2.23. The zero-order chi connectivity index (χ0) is 15.1. The predicted octanol–water partition coefficient (Wildman–Crippen LogP) is 3.02. The van der Waals surface area contributed by atoms with Crippen LogP contribution in [0, 0.1) is 0 Å². The van der Waals surface area contributed by atoms with Gasteiger partial charge in [0, 0.05) is 12.6 Å². The van der Waals surface area contributed by atoms with Crippen molar-refractivity contribution in [1.82, 2.24) is 14.9 Å². The highest BCUT2D eigenvalue weighted by molar-refractivity contribution is 5.27. The Labute approximate surface area is 127 Å². The average Bonchev–Trinajstić information content (AvgIpc) is 2.94.